The van der Waals surface area contributed by atoms with Crippen LogP contribution in [0.3, 0.4) is 0 Å². The van der Waals surface area contributed by atoms with Crippen molar-refractivity contribution in [2.45, 2.75) is 46.1 Å². The smallest absolute Gasteiger partial charge is 0.330 e. The molecule has 1 fully saturated rings. The Bertz CT molecular complexity index is 288. The third-order valence-corrected chi connectivity index (χ3v) is 3.69. The highest BCUT2D eigenvalue weighted by atomic mass is 16.4. The Morgan fingerprint density at radius 2 is 1.94 bits per heavy atom. The summed E-state index contributed by atoms with van der Waals surface area (Å²) in [6.45, 7) is 10.0. The van der Waals surface area contributed by atoms with Gasteiger partial charge in [0.05, 0.1) is 6.10 Å². The van der Waals surface area contributed by atoms with Gasteiger partial charge < -0.3 is 10.2 Å². The van der Waals surface area contributed by atoms with Crippen LogP contribution in [0.25, 0.3) is 0 Å². The molecule has 3 atom stereocenters. The van der Waals surface area contributed by atoms with Gasteiger partial charge in [0.15, 0.2) is 0 Å². The quantitative estimate of drug-likeness (QED) is 0.727. The zero-order valence-electron chi connectivity index (χ0n) is 10.4. The molecular formula is C13H22O3. The third-order valence-electron chi connectivity index (χ3n) is 3.69. The Balaban J connectivity index is 2.59. The maximum atomic E-state index is 10.7. The molecule has 0 spiro atoms. The predicted molar refractivity (Wildman–Crippen MR) is 63.1 cm³/mol. The minimum absolute atomic E-state index is 0.0628. The van der Waals surface area contributed by atoms with Crippen molar-refractivity contribution in [1.82, 2.24) is 0 Å². The molecule has 0 aromatic rings. The molecule has 1 saturated carbocycles. The van der Waals surface area contributed by atoms with Crippen molar-refractivity contribution >= 4 is 5.97 Å². The second kappa shape index (κ2) is 4.58. The molecule has 3 unspecified atom stereocenters. The molecule has 0 aromatic carbocycles. The lowest BCUT2D eigenvalue weighted by Gasteiger charge is -2.26. The highest BCUT2D eigenvalue weighted by Crippen LogP contribution is 2.44. The maximum absolute atomic E-state index is 10.7. The molecule has 0 heterocycles. The number of rotatable bonds is 3. The summed E-state index contributed by atoms with van der Waals surface area (Å²) in [5.74, 6) is -0.423. The Hall–Kier alpha value is -0.830. The van der Waals surface area contributed by atoms with Crippen LogP contribution in [0, 0.1) is 17.3 Å². The van der Waals surface area contributed by atoms with Crippen LogP contribution in [0.15, 0.2) is 12.2 Å². The summed E-state index contributed by atoms with van der Waals surface area (Å²) in [7, 11) is 0. The largest absolute Gasteiger partial charge is 0.478 e. The molecular weight excluding hydrogens is 204 g/mol. The van der Waals surface area contributed by atoms with Gasteiger partial charge in [-0.15, -0.1) is 0 Å². The van der Waals surface area contributed by atoms with Crippen molar-refractivity contribution < 1.29 is 15.0 Å². The van der Waals surface area contributed by atoms with E-state index in [9.17, 15) is 9.90 Å². The first kappa shape index (κ1) is 13.2. The molecule has 3 nitrogen and oxygen atoms in total. The molecule has 1 rings (SSSR count). The zero-order valence-corrected chi connectivity index (χ0v) is 10.4. The predicted octanol–water partition coefficient (Wildman–Crippen LogP) is 2.45. The molecule has 0 bridgehead atoms. The Morgan fingerprint density at radius 3 is 2.31 bits per heavy atom. The van der Waals surface area contributed by atoms with Crippen molar-refractivity contribution in [2.24, 2.45) is 17.3 Å². The van der Waals surface area contributed by atoms with E-state index in [0.717, 1.165) is 12.8 Å². The van der Waals surface area contributed by atoms with Gasteiger partial charge in [-0.2, -0.15) is 0 Å². The van der Waals surface area contributed by atoms with Crippen molar-refractivity contribution in [3.63, 3.8) is 0 Å². The van der Waals surface area contributed by atoms with Crippen molar-refractivity contribution in [2.75, 3.05) is 0 Å². The second-order valence-corrected chi connectivity index (χ2v) is 5.97. The Morgan fingerprint density at radius 1 is 1.38 bits per heavy atom. The Kier molecular flexibility index (Phi) is 3.79. The van der Waals surface area contributed by atoms with E-state index in [1.165, 1.54) is 0 Å². The van der Waals surface area contributed by atoms with Crippen LogP contribution in [0.1, 0.15) is 40.0 Å². The lowest BCUT2D eigenvalue weighted by atomic mass is 9.79. The van der Waals surface area contributed by atoms with Gasteiger partial charge in [-0.1, -0.05) is 27.4 Å². The van der Waals surface area contributed by atoms with Gasteiger partial charge in [0, 0.05) is 5.57 Å². The number of aliphatic hydroxyl groups is 1. The number of aliphatic carboxylic acids is 1. The van der Waals surface area contributed by atoms with E-state index >= 15 is 0 Å². The number of carboxylic acid groups (broad SMARTS) is 1. The van der Waals surface area contributed by atoms with Crippen molar-refractivity contribution in [3.05, 3.63) is 12.2 Å². The third kappa shape index (κ3) is 3.08. The molecule has 1 aliphatic rings. The van der Waals surface area contributed by atoms with E-state index in [0.29, 0.717) is 12.3 Å². The molecule has 3 heteroatoms. The fourth-order valence-electron chi connectivity index (χ4n) is 2.43. The van der Waals surface area contributed by atoms with Crippen LogP contribution in [-0.2, 0) is 4.79 Å². The van der Waals surface area contributed by atoms with Gasteiger partial charge in [0.1, 0.15) is 0 Å². The van der Waals surface area contributed by atoms with E-state index in [1.807, 2.05) is 0 Å². The summed E-state index contributed by atoms with van der Waals surface area (Å²) in [6.07, 6.45) is 1.71. The van der Waals surface area contributed by atoms with Gasteiger partial charge in [-0.25, -0.2) is 4.79 Å². The highest BCUT2D eigenvalue weighted by Gasteiger charge is 2.39. The SMILES string of the molecule is C=C(CC1CC(C(C)(C)C)CC1O)C(=O)O. The monoisotopic (exact) mass is 226 g/mol. The summed E-state index contributed by atoms with van der Waals surface area (Å²) < 4.78 is 0. The van der Waals surface area contributed by atoms with Crippen molar-refractivity contribution in [1.29, 1.82) is 0 Å². The van der Waals surface area contributed by atoms with Crippen molar-refractivity contribution in [3.8, 4) is 0 Å². The number of hydrogen-bond donors (Lipinski definition) is 2. The summed E-state index contributed by atoms with van der Waals surface area (Å²) in [5, 5.41) is 18.7. The minimum atomic E-state index is -0.952. The molecule has 0 radical (unpaired) electrons. The number of aliphatic hydroxyl groups excluding tert-OH is 1. The van der Waals surface area contributed by atoms with Gasteiger partial charge in [0.25, 0.3) is 0 Å². The first-order valence-electron chi connectivity index (χ1n) is 5.81. The molecule has 0 amide bonds. The molecule has 0 saturated heterocycles. The summed E-state index contributed by atoms with van der Waals surface area (Å²) in [5.41, 5.74) is 0.388. The van der Waals surface area contributed by atoms with Gasteiger partial charge in [-0.3, -0.25) is 0 Å². The fraction of sp³-hybridized carbons (Fsp3) is 0.769. The highest BCUT2D eigenvalue weighted by molar-refractivity contribution is 5.85. The van der Waals surface area contributed by atoms with Gasteiger partial charge in [0.2, 0.25) is 0 Å². The minimum Gasteiger partial charge on any atom is -0.478 e. The summed E-state index contributed by atoms with van der Waals surface area (Å²) in [6, 6.07) is 0. The van der Waals surface area contributed by atoms with Crippen LogP contribution in [0.2, 0.25) is 0 Å². The van der Waals surface area contributed by atoms with Crippen LogP contribution >= 0.6 is 0 Å². The van der Waals surface area contributed by atoms with Gasteiger partial charge in [-0.05, 0) is 36.5 Å². The van der Waals surface area contributed by atoms with E-state index in [4.69, 9.17) is 5.11 Å². The zero-order chi connectivity index (χ0) is 12.5. The summed E-state index contributed by atoms with van der Waals surface area (Å²) >= 11 is 0. The first-order chi connectivity index (χ1) is 7.21. The molecule has 0 aromatic heterocycles. The first-order valence-corrected chi connectivity index (χ1v) is 5.81. The van der Waals surface area contributed by atoms with Crippen LogP contribution < -0.4 is 0 Å². The molecule has 16 heavy (non-hydrogen) atoms. The standard InChI is InChI=1S/C13H22O3/c1-8(12(15)16)5-9-6-10(7-11(9)14)13(2,3)4/h9-11,14H,1,5-7H2,2-4H3,(H,15,16). The molecule has 2 N–H and O–H groups in total. The molecule has 0 aliphatic heterocycles. The van der Waals surface area contributed by atoms with E-state index in [2.05, 4.69) is 27.4 Å². The van der Waals surface area contributed by atoms with Crippen LogP contribution in [-0.4, -0.2) is 22.3 Å². The lowest BCUT2D eigenvalue weighted by Crippen LogP contribution is -2.18. The topological polar surface area (TPSA) is 57.5 Å². The normalized spacial score (nSPS) is 30.4. The van der Waals surface area contributed by atoms with E-state index < -0.39 is 5.97 Å². The molecule has 1 aliphatic carbocycles. The maximum Gasteiger partial charge on any atom is 0.330 e. The second-order valence-electron chi connectivity index (χ2n) is 5.97. The van der Waals surface area contributed by atoms with Crippen LogP contribution in [0.5, 0.6) is 0 Å². The van der Waals surface area contributed by atoms with Gasteiger partial charge >= 0.3 is 5.97 Å². The Labute approximate surface area is 97.2 Å². The number of hydrogen-bond acceptors (Lipinski definition) is 2. The fourth-order valence-corrected chi connectivity index (χ4v) is 2.43. The number of carbonyl (C=O) groups is 1. The van der Waals surface area contributed by atoms with E-state index in [-0.39, 0.29) is 23.0 Å². The lowest BCUT2D eigenvalue weighted by molar-refractivity contribution is -0.132. The van der Waals surface area contributed by atoms with E-state index in [1.54, 1.807) is 0 Å². The number of carboxylic acids is 1. The summed E-state index contributed by atoms with van der Waals surface area (Å²) in [4.78, 5) is 10.7. The molecule has 92 valence electrons. The average molecular weight is 226 g/mol. The van der Waals surface area contributed by atoms with Crippen LogP contribution in [0.4, 0.5) is 0 Å². The average Bonchev–Trinajstić information content (AvgIpc) is 2.47.